The van der Waals surface area contributed by atoms with Crippen LogP contribution in [-0.4, -0.2) is 60.5 Å². The molecule has 1 heterocycles. The van der Waals surface area contributed by atoms with Gasteiger partial charge in [-0.05, 0) is 25.7 Å². The van der Waals surface area contributed by atoms with Crippen LogP contribution in [0.3, 0.4) is 0 Å². The molecule has 4 heteroatoms. The summed E-state index contributed by atoms with van der Waals surface area (Å²) in [5.74, 6) is 0.905. The molecule has 1 amide bonds. The van der Waals surface area contributed by atoms with E-state index in [1.54, 1.807) is 0 Å². The van der Waals surface area contributed by atoms with E-state index in [9.17, 15) is 4.79 Å². The lowest BCUT2D eigenvalue weighted by molar-refractivity contribution is -0.139. The van der Waals surface area contributed by atoms with E-state index in [1.165, 1.54) is 25.7 Å². The summed E-state index contributed by atoms with van der Waals surface area (Å²) in [5.41, 5.74) is 0. The van der Waals surface area contributed by atoms with E-state index < -0.39 is 0 Å². The fourth-order valence-corrected chi connectivity index (χ4v) is 3.49. The Labute approximate surface area is 123 Å². The minimum absolute atomic E-state index is 0.0384. The molecule has 0 radical (unpaired) electrons. The SMILES string of the molecule is CC(C)CN(C(=O)C(C)N1CCNCC1)C1CCCC1. The van der Waals surface area contributed by atoms with Crippen molar-refractivity contribution in [2.24, 2.45) is 5.92 Å². The molecule has 1 aliphatic carbocycles. The standard InChI is InChI=1S/C16H31N3O/c1-13(2)12-19(15-6-4-5-7-15)16(20)14(3)18-10-8-17-9-11-18/h13-15,17H,4-12H2,1-3H3. The zero-order valence-corrected chi connectivity index (χ0v) is 13.4. The number of nitrogens with zero attached hydrogens (tertiary/aromatic N) is 2. The molecule has 4 nitrogen and oxygen atoms in total. The van der Waals surface area contributed by atoms with Gasteiger partial charge in [0.15, 0.2) is 0 Å². The predicted octanol–water partition coefficient (Wildman–Crippen LogP) is 1.71. The van der Waals surface area contributed by atoms with E-state index in [4.69, 9.17) is 0 Å². The van der Waals surface area contributed by atoms with Gasteiger partial charge in [0.1, 0.15) is 0 Å². The van der Waals surface area contributed by atoms with Gasteiger partial charge >= 0.3 is 0 Å². The van der Waals surface area contributed by atoms with Gasteiger partial charge in [-0.1, -0.05) is 26.7 Å². The van der Waals surface area contributed by atoms with Crippen molar-refractivity contribution in [1.82, 2.24) is 15.1 Å². The van der Waals surface area contributed by atoms with Crippen LogP contribution in [0, 0.1) is 5.92 Å². The fraction of sp³-hybridized carbons (Fsp3) is 0.938. The minimum Gasteiger partial charge on any atom is -0.338 e. The van der Waals surface area contributed by atoms with Crippen molar-refractivity contribution in [3.63, 3.8) is 0 Å². The normalized spacial score (nSPS) is 23.2. The minimum atomic E-state index is 0.0384. The second-order valence-corrected chi connectivity index (χ2v) is 6.78. The van der Waals surface area contributed by atoms with Gasteiger partial charge < -0.3 is 10.2 Å². The van der Waals surface area contributed by atoms with Crippen LogP contribution in [0.1, 0.15) is 46.5 Å². The summed E-state index contributed by atoms with van der Waals surface area (Å²) in [5, 5.41) is 3.36. The Morgan fingerprint density at radius 1 is 1.20 bits per heavy atom. The van der Waals surface area contributed by atoms with E-state index in [0.717, 1.165) is 32.7 Å². The maximum atomic E-state index is 12.9. The Balaban J connectivity index is 2.00. The zero-order chi connectivity index (χ0) is 14.5. The van der Waals surface area contributed by atoms with Gasteiger partial charge in [-0.15, -0.1) is 0 Å². The van der Waals surface area contributed by atoms with Gasteiger partial charge in [0, 0.05) is 38.8 Å². The van der Waals surface area contributed by atoms with E-state index in [2.05, 4.69) is 35.9 Å². The first-order valence-electron chi connectivity index (χ1n) is 8.35. The Morgan fingerprint density at radius 3 is 2.35 bits per heavy atom. The largest absolute Gasteiger partial charge is 0.338 e. The number of amides is 1. The van der Waals surface area contributed by atoms with Crippen LogP contribution in [0.15, 0.2) is 0 Å². The van der Waals surface area contributed by atoms with Crippen molar-refractivity contribution in [2.45, 2.75) is 58.5 Å². The highest BCUT2D eigenvalue weighted by Crippen LogP contribution is 2.25. The Hall–Kier alpha value is -0.610. The summed E-state index contributed by atoms with van der Waals surface area (Å²) in [4.78, 5) is 17.5. The third kappa shape index (κ3) is 3.95. The van der Waals surface area contributed by atoms with Crippen LogP contribution in [0.4, 0.5) is 0 Å². The molecule has 2 fully saturated rings. The molecule has 1 atom stereocenters. The van der Waals surface area contributed by atoms with Crippen molar-refractivity contribution >= 4 is 5.91 Å². The Bertz CT molecular complexity index is 307. The molecule has 116 valence electrons. The summed E-state index contributed by atoms with van der Waals surface area (Å²) < 4.78 is 0. The maximum Gasteiger partial charge on any atom is 0.239 e. The molecular formula is C16H31N3O. The molecule has 1 aliphatic heterocycles. The predicted molar refractivity (Wildman–Crippen MR) is 82.7 cm³/mol. The average Bonchev–Trinajstić information content (AvgIpc) is 2.98. The topological polar surface area (TPSA) is 35.6 Å². The number of piperazine rings is 1. The number of carbonyl (C=O) groups is 1. The van der Waals surface area contributed by atoms with Crippen LogP contribution in [0.5, 0.6) is 0 Å². The van der Waals surface area contributed by atoms with Crippen molar-refractivity contribution in [1.29, 1.82) is 0 Å². The Morgan fingerprint density at radius 2 is 1.80 bits per heavy atom. The number of rotatable bonds is 5. The lowest BCUT2D eigenvalue weighted by Crippen LogP contribution is -2.55. The average molecular weight is 281 g/mol. The van der Waals surface area contributed by atoms with Crippen LogP contribution in [0.2, 0.25) is 0 Å². The molecule has 2 rings (SSSR count). The molecule has 0 aromatic rings. The monoisotopic (exact) mass is 281 g/mol. The summed E-state index contributed by atoms with van der Waals surface area (Å²) >= 11 is 0. The maximum absolute atomic E-state index is 12.9. The molecule has 1 saturated carbocycles. The highest BCUT2D eigenvalue weighted by molar-refractivity contribution is 5.82. The molecule has 2 aliphatic rings. The molecule has 0 bridgehead atoms. The third-order valence-electron chi connectivity index (χ3n) is 4.67. The number of hydrogen-bond acceptors (Lipinski definition) is 3. The van der Waals surface area contributed by atoms with Gasteiger partial charge in [0.05, 0.1) is 6.04 Å². The summed E-state index contributed by atoms with van der Waals surface area (Å²) in [6.45, 7) is 11.4. The van der Waals surface area contributed by atoms with E-state index in [1.807, 2.05) is 0 Å². The van der Waals surface area contributed by atoms with Gasteiger partial charge in [-0.25, -0.2) is 0 Å². The lowest BCUT2D eigenvalue weighted by Gasteiger charge is -2.38. The van der Waals surface area contributed by atoms with E-state index in [0.29, 0.717) is 17.9 Å². The number of hydrogen-bond donors (Lipinski definition) is 1. The van der Waals surface area contributed by atoms with E-state index in [-0.39, 0.29) is 6.04 Å². The Kier molecular flexibility index (Phi) is 5.85. The number of nitrogens with one attached hydrogen (secondary N) is 1. The summed E-state index contributed by atoms with van der Waals surface area (Å²) in [7, 11) is 0. The molecular weight excluding hydrogens is 250 g/mol. The molecule has 1 saturated heterocycles. The third-order valence-corrected chi connectivity index (χ3v) is 4.67. The van der Waals surface area contributed by atoms with Crippen LogP contribution in [0.25, 0.3) is 0 Å². The summed E-state index contributed by atoms with van der Waals surface area (Å²) in [6, 6.07) is 0.534. The molecule has 0 spiro atoms. The lowest BCUT2D eigenvalue weighted by atomic mass is 10.1. The van der Waals surface area contributed by atoms with Crippen molar-refractivity contribution in [2.75, 3.05) is 32.7 Å². The van der Waals surface area contributed by atoms with Gasteiger partial charge in [-0.2, -0.15) is 0 Å². The van der Waals surface area contributed by atoms with Gasteiger partial charge in [0.2, 0.25) is 5.91 Å². The first kappa shape index (κ1) is 15.8. The molecule has 20 heavy (non-hydrogen) atoms. The first-order valence-corrected chi connectivity index (χ1v) is 8.35. The molecule has 0 aromatic carbocycles. The fourth-order valence-electron chi connectivity index (χ4n) is 3.49. The van der Waals surface area contributed by atoms with Crippen LogP contribution >= 0.6 is 0 Å². The van der Waals surface area contributed by atoms with Crippen molar-refractivity contribution in [3.8, 4) is 0 Å². The van der Waals surface area contributed by atoms with Gasteiger partial charge in [0.25, 0.3) is 0 Å². The highest BCUT2D eigenvalue weighted by Gasteiger charge is 2.32. The van der Waals surface area contributed by atoms with Crippen molar-refractivity contribution < 1.29 is 4.79 Å². The van der Waals surface area contributed by atoms with E-state index >= 15 is 0 Å². The van der Waals surface area contributed by atoms with Crippen LogP contribution in [-0.2, 0) is 4.79 Å². The zero-order valence-electron chi connectivity index (χ0n) is 13.4. The van der Waals surface area contributed by atoms with Crippen LogP contribution < -0.4 is 5.32 Å². The smallest absolute Gasteiger partial charge is 0.239 e. The van der Waals surface area contributed by atoms with Gasteiger partial charge in [-0.3, -0.25) is 9.69 Å². The quantitative estimate of drug-likeness (QED) is 0.833. The summed E-state index contributed by atoms with van der Waals surface area (Å²) in [6.07, 6.45) is 4.97. The molecule has 1 unspecified atom stereocenters. The second kappa shape index (κ2) is 7.41. The number of carbonyl (C=O) groups excluding carboxylic acids is 1. The highest BCUT2D eigenvalue weighted by atomic mass is 16.2. The molecule has 0 aromatic heterocycles. The second-order valence-electron chi connectivity index (χ2n) is 6.78. The van der Waals surface area contributed by atoms with Crippen molar-refractivity contribution in [3.05, 3.63) is 0 Å². The molecule has 1 N–H and O–H groups in total. The first-order chi connectivity index (χ1) is 9.59.